The Hall–Kier alpha value is -1.65. The van der Waals surface area contributed by atoms with E-state index in [1.807, 2.05) is 52.0 Å². The normalized spacial score (nSPS) is 14.7. The van der Waals surface area contributed by atoms with Crippen LogP contribution in [0.3, 0.4) is 0 Å². The lowest BCUT2D eigenvalue weighted by molar-refractivity contribution is -0.0463. The van der Waals surface area contributed by atoms with Gasteiger partial charge in [0.15, 0.2) is 0 Å². The third-order valence-electron chi connectivity index (χ3n) is 3.40. The molecule has 0 fully saturated rings. The molecule has 1 unspecified atom stereocenters. The average Bonchev–Trinajstić information content (AvgIpc) is 2.92. The van der Waals surface area contributed by atoms with Gasteiger partial charge in [-0.15, -0.1) is 0 Å². The second-order valence-corrected chi connectivity index (χ2v) is 6.76. The maximum atomic E-state index is 12.2. The Kier molecular flexibility index (Phi) is 5.37. The van der Waals surface area contributed by atoms with E-state index in [9.17, 15) is 4.79 Å². The van der Waals surface area contributed by atoms with E-state index in [1.54, 1.807) is 0 Å². The number of rotatable bonds is 6. The van der Waals surface area contributed by atoms with Crippen molar-refractivity contribution in [3.8, 4) is 0 Å². The number of amides is 1. The summed E-state index contributed by atoms with van der Waals surface area (Å²) in [6.07, 6.45) is 4.94. The molecule has 4 heteroatoms. The Morgan fingerprint density at radius 3 is 2.82 bits per heavy atom. The average molecular weight is 303 g/mol. The van der Waals surface area contributed by atoms with Gasteiger partial charge < -0.3 is 4.74 Å². The lowest BCUT2D eigenvalue weighted by Crippen LogP contribution is -2.29. The summed E-state index contributed by atoms with van der Waals surface area (Å²) in [5.74, 6) is 0.00764. The molecule has 0 saturated heterocycles. The summed E-state index contributed by atoms with van der Waals surface area (Å²) in [6.45, 7) is 9.11. The van der Waals surface area contributed by atoms with Crippen molar-refractivity contribution in [3.63, 3.8) is 0 Å². The molecular weight excluding hydrogens is 278 g/mol. The molecule has 0 radical (unpaired) electrons. The number of fused-ring (bicyclic) bond motifs is 1. The van der Waals surface area contributed by atoms with Gasteiger partial charge in [0.25, 0.3) is 5.91 Å². The molecule has 1 aliphatic carbocycles. The fourth-order valence-electron chi connectivity index (χ4n) is 2.23. The predicted octanol–water partition coefficient (Wildman–Crippen LogP) is 3.37. The molecule has 0 aliphatic heterocycles. The SMILES string of the molecule is CC(CONC(=O)c1cccc2c1C=CC2)COC(C)(C)C. The van der Waals surface area contributed by atoms with E-state index in [1.165, 1.54) is 5.56 Å². The summed E-state index contributed by atoms with van der Waals surface area (Å²) in [5.41, 5.74) is 5.20. The van der Waals surface area contributed by atoms with Crippen molar-refractivity contribution in [1.29, 1.82) is 0 Å². The fourth-order valence-corrected chi connectivity index (χ4v) is 2.23. The lowest BCUT2D eigenvalue weighted by Gasteiger charge is -2.22. The summed E-state index contributed by atoms with van der Waals surface area (Å²) in [6, 6.07) is 5.76. The highest BCUT2D eigenvalue weighted by atomic mass is 16.7. The largest absolute Gasteiger partial charge is 0.375 e. The van der Waals surface area contributed by atoms with E-state index in [2.05, 4.69) is 11.6 Å². The number of carbonyl (C=O) groups excluding carboxylic acids is 1. The summed E-state index contributed by atoms with van der Waals surface area (Å²) < 4.78 is 5.69. The van der Waals surface area contributed by atoms with Gasteiger partial charge in [-0.05, 0) is 44.4 Å². The van der Waals surface area contributed by atoms with Crippen LogP contribution in [0.2, 0.25) is 0 Å². The molecule has 1 atom stereocenters. The van der Waals surface area contributed by atoms with E-state index in [0.717, 1.165) is 12.0 Å². The van der Waals surface area contributed by atoms with Crippen molar-refractivity contribution in [2.24, 2.45) is 5.92 Å². The second-order valence-electron chi connectivity index (χ2n) is 6.76. The number of hydrogen-bond acceptors (Lipinski definition) is 3. The van der Waals surface area contributed by atoms with Crippen molar-refractivity contribution >= 4 is 12.0 Å². The quantitative estimate of drug-likeness (QED) is 0.820. The molecule has 1 aromatic carbocycles. The van der Waals surface area contributed by atoms with Gasteiger partial charge in [0.1, 0.15) is 0 Å². The van der Waals surface area contributed by atoms with E-state index >= 15 is 0 Å². The minimum Gasteiger partial charge on any atom is -0.375 e. The molecule has 2 rings (SSSR count). The van der Waals surface area contributed by atoms with Gasteiger partial charge in [0, 0.05) is 11.5 Å². The summed E-state index contributed by atoms with van der Waals surface area (Å²) in [7, 11) is 0. The molecule has 1 aromatic rings. The monoisotopic (exact) mass is 303 g/mol. The Balaban J connectivity index is 1.79. The number of benzene rings is 1. The topological polar surface area (TPSA) is 47.6 Å². The first-order valence-electron chi connectivity index (χ1n) is 7.71. The van der Waals surface area contributed by atoms with E-state index in [0.29, 0.717) is 18.8 Å². The Bertz CT molecular complexity index is 558. The fraction of sp³-hybridized carbons (Fsp3) is 0.500. The van der Waals surface area contributed by atoms with Crippen molar-refractivity contribution in [1.82, 2.24) is 5.48 Å². The van der Waals surface area contributed by atoms with Gasteiger partial charge in [-0.3, -0.25) is 9.63 Å². The molecule has 120 valence electrons. The molecular formula is C18H25NO3. The van der Waals surface area contributed by atoms with Crippen molar-refractivity contribution < 1.29 is 14.4 Å². The van der Waals surface area contributed by atoms with Crippen LogP contribution in [0.5, 0.6) is 0 Å². The van der Waals surface area contributed by atoms with Crippen LogP contribution in [0.25, 0.3) is 6.08 Å². The van der Waals surface area contributed by atoms with E-state index < -0.39 is 0 Å². The van der Waals surface area contributed by atoms with Crippen LogP contribution in [0, 0.1) is 5.92 Å². The van der Waals surface area contributed by atoms with Crippen molar-refractivity contribution in [3.05, 3.63) is 41.0 Å². The highest BCUT2D eigenvalue weighted by molar-refractivity contribution is 5.98. The van der Waals surface area contributed by atoms with Crippen LogP contribution in [-0.2, 0) is 16.0 Å². The second kappa shape index (κ2) is 7.07. The highest BCUT2D eigenvalue weighted by Crippen LogP contribution is 2.23. The summed E-state index contributed by atoms with van der Waals surface area (Å²) >= 11 is 0. The minimum atomic E-state index is -0.202. The molecule has 1 N–H and O–H groups in total. The number of nitrogens with one attached hydrogen (secondary N) is 1. The summed E-state index contributed by atoms with van der Waals surface area (Å²) in [4.78, 5) is 17.5. The van der Waals surface area contributed by atoms with Crippen LogP contribution in [0.1, 0.15) is 49.2 Å². The Morgan fingerprint density at radius 1 is 1.32 bits per heavy atom. The smallest absolute Gasteiger partial charge is 0.275 e. The van der Waals surface area contributed by atoms with Crippen LogP contribution in [0.15, 0.2) is 24.3 Å². The molecule has 0 spiro atoms. The first kappa shape index (κ1) is 16.7. The molecule has 0 saturated carbocycles. The number of allylic oxidation sites excluding steroid dienone is 1. The molecule has 0 heterocycles. The van der Waals surface area contributed by atoms with Crippen LogP contribution >= 0.6 is 0 Å². The van der Waals surface area contributed by atoms with Crippen LogP contribution in [-0.4, -0.2) is 24.7 Å². The van der Waals surface area contributed by atoms with Crippen LogP contribution < -0.4 is 5.48 Å². The number of hydroxylamine groups is 1. The zero-order chi connectivity index (χ0) is 16.2. The van der Waals surface area contributed by atoms with E-state index in [-0.39, 0.29) is 17.4 Å². The maximum Gasteiger partial charge on any atom is 0.275 e. The van der Waals surface area contributed by atoms with Crippen LogP contribution in [0.4, 0.5) is 0 Å². The lowest BCUT2D eigenvalue weighted by atomic mass is 10.0. The summed E-state index contributed by atoms with van der Waals surface area (Å²) in [5, 5.41) is 0. The maximum absolute atomic E-state index is 12.2. The van der Waals surface area contributed by atoms with Gasteiger partial charge in [-0.2, -0.15) is 0 Å². The predicted molar refractivity (Wildman–Crippen MR) is 87.5 cm³/mol. The number of carbonyl (C=O) groups is 1. The molecule has 1 amide bonds. The third-order valence-corrected chi connectivity index (χ3v) is 3.40. The number of ether oxygens (including phenoxy) is 1. The van der Waals surface area contributed by atoms with Gasteiger partial charge in [0.05, 0.1) is 18.8 Å². The minimum absolute atomic E-state index is 0.158. The zero-order valence-corrected chi connectivity index (χ0v) is 13.8. The first-order chi connectivity index (χ1) is 10.4. The highest BCUT2D eigenvalue weighted by Gasteiger charge is 2.16. The zero-order valence-electron chi connectivity index (χ0n) is 13.8. The standard InChI is InChI=1S/C18H25NO3/c1-13(11-21-18(2,3)4)12-22-19-17(20)16-10-6-8-14-7-5-9-15(14)16/h5-6,8-10,13H,7,11-12H2,1-4H3,(H,19,20). The molecule has 4 nitrogen and oxygen atoms in total. The molecule has 1 aliphatic rings. The third kappa shape index (κ3) is 4.68. The van der Waals surface area contributed by atoms with Gasteiger partial charge in [0.2, 0.25) is 0 Å². The van der Waals surface area contributed by atoms with Crippen molar-refractivity contribution in [2.75, 3.05) is 13.2 Å². The Labute approximate surface area is 132 Å². The number of hydrogen-bond donors (Lipinski definition) is 1. The molecule has 0 aromatic heterocycles. The first-order valence-corrected chi connectivity index (χ1v) is 7.71. The Morgan fingerprint density at radius 2 is 2.09 bits per heavy atom. The van der Waals surface area contributed by atoms with Gasteiger partial charge in [-0.1, -0.05) is 31.2 Å². The van der Waals surface area contributed by atoms with Crippen molar-refractivity contribution in [2.45, 2.75) is 39.7 Å². The van der Waals surface area contributed by atoms with E-state index in [4.69, 9.17) is 9.57 Å². The van der Waals surface area contributed by atoms with Gasteiger partial charge >= 0.3 is 0 Å². The van der Waals surface area contributed by atoms with Gasteiger partial charge in [-0.25, -0.2) is 5.48 Å². The molecule has 22 heavy (non-hydrogen) atoms. The molecule has 0 bridgehead atoms.